The molecule has 0 saturated heterocycles. The van der Waals surface area contributed by atoms with Crippen LogP contribution in [-0.2, 0) is 0 Å². The lowest BCUT2D eigenvalue weighted by atomic mass is 9.96. The molecule has 2 aromatic rings. The summed E-state index contributed by atoms with van der Waals surface area (Å²) in [6.45, 7) is 1.66. The highest BCUT2D eigenvalue weighted by Gasteiger charge is 2.27. The molecule has 1 fully saturated rings. The van der Waals surface area contributed by atoms with Crippen LogP contribution in [0.1, 0.15) is 41.6 Å². The molecule has 0 heterocycles. The number of fused-ring (bicyclic) bond motifs is 1. The van der Waals surface area contributed by atoms with Gasteiger partial charge in [0.1, 0.15) is 0 Å². The van der Waals surface area contributed by atoms with E-state index < -0.39 is 0 Å². The molecule has 80 valence electrons. The Bertz CT molecular complexity index is 565. The highest BCUT2D eigenvalue weighted by atomic mass is 16.1. The van der Waals surface area contributed by atoms with Gasteiger partial charge in [-0.05, 0) is 48.1 Å². The highest BCUT2D eigenvalue weighted by Crippen LogP contribution is 2.42. The van der Waals surface area contributed by atoms with E-state index in [0.717, 1.165) is 10.9 Å². The van der Waals surface area contributed by atoms with Crippen molar-refractivity contribution in [3.05, 3.63) is 47.5 Å². The fourth-order valence-corrected chi connectivity index (χ4v) is 2.29. The van der Waals surface area contributed by atoms with Crippen molar-refractivity contribution in [2.24, 2.45) is 0 Å². The van der Waals surface area contributed by atoms with Crippen LogP contribution in [0.4, 0.5) is 0 Å². The van der Waals surface area contributed by atoms with Crippen molar-refractivity contribution in [3.8, 4) is 0 Å². The van der Waals surface area contributed by atoms with Crippen LogP contribution in [0.5, 0.6) is 0 Å². The molecular weight excluding hydrogens is 196 g/mol. The van der Waals surface area contributed by atoms with Crippen molar-refractivity contribution >= 4 is 16.6 Å². The van der Waals surface area contributed by atoms with Gasteiger partial charge in [0.2, 0.25) is 0 Å². The zero-order valence-electron chi connectivity index (χ0n) is 9.36. The Morgan fingerprint density at radius 2 is 1.75 bits per heavy atom. The van der Waals surface area contributed by atoms with Gasteiger partial charge in [0.15, 0.2) is 5.78 Å². The van der Waals surface area contributed by atoms with Gasteiger partial charge in [-0.2, -0.15) is 0 Å². The van der Waals surface area contributed by atoms with Crippen molar-refractivity contribution in [2.75, 3.05) is 0 Å². The average molecular weight is 210 g/mol. The summed E-state index contributed by atoms with van der Waals surface area (Å²) in [5, 5.41) is 2.41. The van der Waals surface area contributed by atoms with E-state index in [9.17, 15) is 4.79 Å². The minimum atomic E-state index is 0.188. The maximum Gasteiger partial charge on any atom is 0.160 e. The van der Waals surface area contributed by atoms with Crippen LogP contribution in [0.2, 0.25) is 0 Å². The normalized spacial score (nSPS) is 15.3. The van der Waals surface area contributed by atoms with Crippen molar-refractivity contribution in [1.29, 1.82) is 0 Å². The Balaban J connectivity index is 2.28. The van der Waals surface area contributed by atoms with Crippen LogP contribution in [-0.4, -0.2) is 5.78 Å². The molecule has 3 rings (SSSR count). The Labute approximate surface area is 95.1 Å². The van der Waals surface area contributed by atoms with E-state index in [4.69, 9.17) is 0 Å². The van der Waals surface area contributed by atoms with Gasteiger partial charge in [-0.15, -0.1) is 0 Å². The third kappa shape index (κ3) is 1.53. The first kappa shape index (κ1) is 9.59. The number of rotatable bonds is 2. The summed E-state index contributed by atoms with van der Waals surface area (Å²) in [4.78, 5) is 11.6. The lowest BCUT2D eigenvalue weighted by Crippen LogP contribution is -1.98. The third-order valence-electron chi connectivity index (χ3n) is 3.31. The van der Waals surface area contributed by atoms with Crippen LogP contribution in [0.15, 0.2) is 36.4 Å². The van der Waals surface area contributed by atoms with Crippen LogP contribution < -0.4 is 0 Å². The standard InChI is InChI=1S/C15H14O/c1-10(16)14-8-12-4-2-3-5-13(12)9-15(14)11-6-7-11/h2-5,8-9,11H,6-7H2,1H3. The number of carbonyl (C=O) groups excluding carboxylic acids is 1. The van der Waals surface area contributed by atoms with Crippen LogP contribution in [0.25, 0.3) is 10.8 Å². The lowest BCUT2D eigenvalue weighted by molar-refractivity contribution is 0.101. The maximum atomic E-state index is 11.6. The molecule has 0 spiro atoms. The molecular formula is C15H14O. The lowest BCUT2D eigenvalue weighted by Gasteiger charge is -2.08. The molecule has 0 aliphatic heterocycles. The predicted molar refractivity (Wildman–Crippen MR) is 65.9 cm³/mol. The second kappa shape index (κ2) is 3.44. The maximum absolute atomic E-state index is 11.6. The Hall–Kier alpha value is -1.63. The SMILES string of the molecule is CC(=O)c1cc2ccccc2cc1C1CC1. The molecule has 0 N–H and O–H groups in total. The monoisotopic (exact) mass is 210 g/mol. The summed E-state index contributed by atoms with van der Waals surface area (Å²) in [6.07, 6.45) is 2.47. The second-order valence-electron chi connectivity index (χ2n) is 4.62. The molecule has 0 amide bonds. The number of ketones is 1. The predicted octanol–water partition coefficient (Wildman–Crippen LogP) is 3.92. The molecule has 0 atom stereocenters. The molecule has 1 saturated carbocycles. The summed E-state index contributed by atoms with van der Waals surface area (Å²) < 4.78 is 0. The van der Waals surface area contributed by atoms with Gasteiger partial charge in [-0.3, -0.25) is 4.79 Å². The van der Waals surface area contributed by atoms with E-state index in [1.165, 1.54) is 23.8 Å². The van der Waals surface area contributed by atoms with Crippen LogP contribution in [0, 0.1) is 0 Å². The van der Waals surface area contributed by atoms with Crippen molar-refractivity contribution in [2.45, 2.75) is 25.7 Å². The zero-order valence-corrected chi connectivity index (χ0v) is 9.36. The van der Waals surface area contributed by atoms with Crippen molar-refractivity contribution < 1.29 is 4.79 Å². The van der Waals surface area contributed by atoms with E-state index >= 15 is 0 Å². The summed E-state index contributed by atoms with van der Waals surface area (Å²) in [5.74, 6) is 0.816. The summed E-state index contributed by atoms with van der Waals surface area (Å²) >= 11 is 0. The van der Waals surface area contributed by atoms with Gasteiger partial charge in [-0.25, -0.2) is 0 Å². The molecule has 2 aromatic carbocycles. The molecule has 1 aliphatic carbocycles. The molecule has 1 heteroatoms. The molecule has 0 bridgehead atoms. The molecule has 1 nitrogen and oxygen atoms in total. The zero-order chi connectivity index (χ0) is 11.1. The minimum absolute atomic E-state index is 0.188. The largest absolute Gasteiger partial charge is 0.295 e. The first-order valence-corrected chi connectivity index (χ1v) is 5.79. The van der Waals surface area contributed by atoms with Gasteiger partial charge >= 0.3 is 0 Å². The summed E-state index contributed by atoms with van der Waals surface area (Å²) in [6, 6.07) is 12.5. The molecule has 0 aromatic heterocycles. The fraction of sp³-hybridized carbons (Fsp3) is 0.267. The van der Waals surface area contributed by atoms with E-state index in [0.29, 0.717) is 5.92 Å². The molecule has 0 radical (unpaired) electrons. The molecule has 16 heavy (non-hydrogen) atoms. The van der Waals surface area contributed by atoms with Gasteiger partial charge in [0.05, 0.1) is 0 Å². The number of Topliss-reactive ketones (excluding diaryl/α,β-unsaturated/α-hetero) is 1. The molecule has 0 unspecified atom stereocenters. The van der Waals surface area contributed by atoms with Gasteiger partial charge in [-0.1, -0.05) is 30.3 Å². The second-order valence-corrected chi connectivity index (χ2v) is 4.62. The number of hydrogen-bond donors (Lipinski definition) is 0. The Morgan fingerprint density at radius 3 is 2.31 bits per heavy atom. The van der Waals surface area contributed by atoms with Crippen molar-refractivity contribution in [3.63, 3.8) is 0 Å². The number of hydrogen-bond acceptors (Lipinski definition) is 1. The van der Waals surface area contributed by atoms with E-state index in [1.54, 1.807) is 6.92 Å². The van der Waals surface area contributed by atoms with Crippen LogP contribution >= 0.6 is 0 Å². The summed E-state index contributed by atoms with van der Waals surface area (Å²) in [7, 11) is 0. The number of carbonyl (C=O) groups is 1. The third-order valence-corrected chi connectivity index (χ3v) is 3.31. The van der Waals surface area contributed by atoms with Crippen molar-refractivity contribution in [1.82, 2.24) is 0 Å². The van der Waals surface area contributed by atoms with Gasteiger partial charge in [0, 0.05) is 5.56 Å². The highest BCUT2D eigenvalue weighted by molar-refractivity contribution is 6.00. The van der Waals surface area contributed by atoms with E-state index in [-0.39, 0.29) is 5.78 Å². The summed E-state index contributed by atoms with van der Waals surface area (Å²) in [5.41, 5.74) is 2.17. The Kier molecular flexibility index (Phi) is 2.06. The smallest absolute Gasteiger partial charge is 0.160 e. The molecule has 1 aliphatic rings. The van der Waals surface area contributed by atoms with Gasteiger partial charge in [0.25, 0.3) is 0 Å². The quantitative estimate of drug-likeness (QED) is 0.686. The van der Waals surface area contributed by atoms with Crippen LogP contribution in [0.3, 0.4) is 0 Å². The van der Waals surface area contributed by atoms with Gasteiger partial charge < -0.3 is 0 Å². The van der Waals surface area contributed by atoms with E-state index in [2.05, 4.69) is 18.2 Å². The van der Waals surface area contributed by atoms with E-state index in [1.807, 2.05) is 18.2 Å². The number of benzene rings is 2. The minimum Gasteiger partial charge on any atom is -0.295 e. The average Bonchev–Trinajstić information content (AvgIpc) is 3.11. The Morgan fingerprint density at radius 1 is 1.12 bits per heavy atom. The first-order valence-electron chi connectivity index (χ1n) is 5.79. The first-order chi connectivity index (χ1) is 7.75. The topological polar surface area (TPSA) is 17.1 Å². The fourth-order valence-electron chi connectivity index (χ4n) is 2.29.